The van der Waals surface area contributed by atoms with Gasteiger partial charge in [0, 0.05) is 0 Å². The number of rotatable bonds is 6. The maximum absolute atomic E-state index is 14.6. The number of carbonyl (C=O) groups is 1. The van der Waals surface area contributed by atoms with Gasteiger partial charge in [-0.3, -0.25) is 4.79 Å². The summed E-state index contributed by atoms with van der Waals surface area (Å²) in [5, 5.41) is 18.2. The average molecular weight is 281 g/mol. The Morgan fingerprint density at radius 3 is 2.55 bits per heavy atom. The van der Waals surface area contributed by atoms with Crippen molar-refractivity contribution >= 4 is 13.5 Å². The number of hydrogen-bond acceptors (Lipinski definition) is 2. The molecule has 0 aliphatic heterocycles. The molecule has 3 saturated carbocycles. The van der Waals surface area contributed by atoms with E-state index in [-0.39, 0.29) is 29.6 Å². The van der Waals surface area contributed by atoms with Gasteiger partial charge < -0.3 is 10.1 Å². The minimum atomic E-state index is -0.774. The number of fused-ring (bicyclic) bond motifs is 1. The predicted octanol–water partition coefficient (Wildman–Crippen LogP) is 2.52. The summed E-state index contributed by atoms with van der Waals surface area (Å²) in [4.78, 5) is 11.4. The van der Waals surface area contributed by atoms with Crippen LogP contribution >= 0.6 is 0 Å². The summed E-state index contributed by atoms with van der Waals surface area (Å²) in [5.74, 6) is -0.00810. The fourth-order valence-corrected chi connectivity index (χ4v) is 4.86. The van der Waals surface area contributed by atoms with Crippen LogP contribution in [0.2, 0.25) is 6.32 Å². The van der Waals surface area contributed by atoms with Gasteiger partial charge >= 0.3 is 5.97 Å². The van der Waals surface area contributed by atoms with Gasteiger partial charge in [-0.1, -0.05) is 12.7 Å². The largest absolute Gasteiger partial charge is 0.481 e. The minimum absolute atomic E-state index is 0.0233. The van der Waals surface area contributed by atoms with Crippen LogP contribution in [0.15, 0.2) is 0 Å². The van der Waals surface area contributed by atoms with Crippen LogP contribution in [-0.2, 0) is 4.79 Å². The summed E-state index contributed by atoms with van der Waals surface area (Å²) in [7, 11) is 1.14. The first-order valence-corrected chi connectivity index (χ1v) is 7.96. The lowest BCUT2D eigenvalue weighted by molar-refractivity contribution is -0.143. The van der Waals surface area contributed by atoms with E-state index < -0.39 is 12.1 Å². The van der Waals surface area contributed by atoms with Gasteiger partial charge in [-0.15, -0.1) is 0 Å². The molecule has 3 fully saturated rings. The Morgan fingerprint density at radius 2 is 1.95 bits per heavy atom. The zero-order chi connectivity index (χ0) is 14.3. The van der Waals surface area contributed by atoms with Crippen LogP contribution in [0.25, 0.3) is 0 Å². The van der Waals surface area contributed by atoms with E-state index in [9.17, 15) is 14.3 Å². The second-order valence-electron chi connectivity index (χ2n) is 6.97. The Hall–Kier alpha value is -0.575. The Labute approximate surface area is 120 Å². The number of aliphatic carboxylic acids is 1. The van der Waals surface area contributed by atoms with E-state index in [1.54, 1.807) is 0 Å². The highest BCUT2D eigenvalue weighted by molar-refractivity contribution is 6.25. The Morgan fingerprint density at radius 1 is 1.20 bits per heavy atom. The Kier molecular flexibility index (Phi) is 4.07. The fraction of sp³-hybridized carbons (Fsp3) is 0.933. The lowest BCUT2D eigenvalue weighted by Crippen LogP contribution is -2.23. The molecular formula is C15H23BFO3. The van der Waals surface area contributed by atoms with E-state index in [0.717, 1.165) is 39.6 Å². The molecule has 3 aliphatic rings. The number of halogens is 1. The van der Waals surface area contributed by atoms with Gasteiger partial charge in [0.1, 0.15) is 6.17 Å². The molecule has 0 saturated heterocycles. The van der Waals surface area contributed by atoms with Gasteiger partial charge in [0.05, 0.1) is 5.92 Å². The van der Waals surface area contributed by atoms with E-state index in [1.165, 1.54) is 0 Å². The van der Waals surface area contributed by atoms with E-state index in [2.05, 4.69) is 0 Å². The minimum Gasteiger partial charge on any atom is -0.481 e. The molecule has 0 spiro atoms. The van der Waals surface area contributed by atoms with Crippen LogP contribution in [0, 0.1) is 35.5 Å². The molecule has 6 unspecified atom stereocenters. The smallest absolute Gasteiger partial charge is 0.306 e. The molecule has 5 heteroatoms. The quantitative estimate of drug-likeness (QED) is 0.581. The number of carboxylic acids is 1. The summed E-state index contributed by atoms with van der Waals surface area (Å²) >= 11 is 0. The molecule has 0 aromatic carbocycles. The van der Waals surface area contributed by atoms with Gasteiger partial charge in [0.25, 0.3) is 7.48 Å². The third-order valence-electron chi connectivity index (χ3n) is 5.92. The van der Waals surface area contributed by atoms with Crippen molar-refractivity contribution in [3.8, 4) is 0 Å². The SMILES string of the molecule is O=C(O)C1CC2C(F)C(C3CC3)CC2C1CCC[B]O. The van der Waals surface area contributed by atoms with E-state index in [4.69, 9.17) is 5.02 Å². The molecule has 1 radical (unpaired) electrons. The van der Waals surface area contributed by atoms with Crippen LogP contribution in [0.5, 0.6) is 0 Å². The standard InChI is InChI=1S/C15H23BFO3/c17-14-10(8-3-4-8)6-11-9(2-1-5-16-20)13(15(18)19)7-12(11)14/h8-14,20H,1-7H2,(H,18,19). The van der Waals surface area contributed by atoms with Crippen LogP contribution in [-0.4, -0.2) is 29.8 Å². The highest BCUT2D eigenvalue weighted by Gasteiger charge is 2.57. The molecule has 3 nitrogen and oxygen atoms in total. The van der Waals surface area contributed by atoms with Crippen LogP contribution in [0.1, 0.15) is 38.5 Å². The topological polar surface area (TPSA) is 57.5 Å². The maximum atomic E-state index is 14.6. The molecule has 0 amide bonds. The van der Waals surface area contributed by atoms with E-state index in [0.29, 0.717) is 18.7 Å². The third-order valence-corrected chi connectivity index (χ3v) is 5.92. The molecule has 2 N–H and O–H groups in total. The van der Waals surface area contributed by atoms with Crippen molar-refractivity contribution in [2.75, 3.05) is 0 Å². The summed E-state index contributed by atoms with van der Waals surface area (Å²) in [6.07, 6.45) is 5.19. The Bertz CT molecular complexity index is 374. The van der Waals surface area contributed by atoms with Crippen molar-refractivity contribution in [2.24, 2.45) is 35.5 Å². The van der Waals surface area contributed by atoms with Gasteiger partial charge in [0.15, 0.2) is 0 Å². The molecule has 0 aromatic heterocycles. The van der Waals surface area contributed by atoms with Crippen LogP contribution < -0.4 is 0 Å². The molecule has 0 aromatic rings. The highest BCUT2D eigenvalue weighted by Crippen LogP contribution is 2.59. The highest BCUT2D eigenvalue weighted by atomic mass is 19.1. The second kappa shape index (κ2) is 5.66. The zero-order valence-electron chi connectivity index (χ0n) is 11.7. The first-order chi connectivity index (χ1) is 9.63. The van der Waals surface area contributed by atoms with Crippen molar-refractivity contribution in [2.45, 2.75) is 51.0 Å². The third kappa shape index (κ3) is 2.49. The molecule has 0 bridgehead atoms. The normalized spacial score (nSPS) is 43.5. The number of carboxylic acid groups (broad SMARTS) is 1. The monoisotopic (exact) mass is 281 g/mol. The molecule has 6 atom stereocenters. The number of alkyl halides is 1. The second-order valence-corrected chi connectivity index (χ2v) is 6.97. The van der Waals surface area contributed by atoms with Crippen LogP contribution in [0.3, 0.4) is 0 Å². The molecular weight excluding hydrogens is 258 g/mol. The zero-order valence-corrected chi connectivity index (χ0v) is 11.7. The van der Waals surface area contributed by atoms with Gasteiger partial charge in [-0.05, 0) is 61.7 Å². The molecule has 3 rings (SSSR count). The fourth-order valence-electron chi connectivity index (χ4n) is 4.86. The summed E-state index contributed by atoms with van der Waals surface area (Å²) in [6.45, 7) is 0. The van der Waals surface area contributed by atoms with Crippen molar-refractivity contribution in [3.63, 3.8) is 0 Å². The molecule has 3 aliphatic carbocycles. The van der Waals surface area contributed by atoms with Crippen molar-refractivity contribution < 1.29 is 19.3 Å². The van der Waals surface area contributed by atoms with Crippen molar-refractivity contribution in [1.82, 2.24) is 0 Å². The van der Waals surface area contributed by atoms with Gasteiger partial charge in [0.2, 0.25) is 0 Å². The van der Waals surface area contributed by atoms with Crippen molar-refractivity contribution in [1.29, 1.82) is 0 Å². The lowest BCUT2D eigenvalue weighted by atomic mass is 9.80. The first-order valence-electron chi connectivity index (χ1n) is 7.96. The molecule has 0 heterocycles. The van der Waals surface area contributed by atoms with Crippen molar-refractivity contribution in [3.05, 3.63) is 0 Å². The summed E-state index contributed by atoms with van der Waals surface area (Å²) in [6, 6.07) is 0. The lowest BCUT2D eigenvalue weighted by Gasteiger charge is -2.22. The van der Waals surface area contributed by atoms with Gasteiger partial charge in [-0.2, -0.15) is 0 Å². The van der Waals surface area contributed by atoms with Crippen LogP contribution in [0.4, 0.5) is 4.39 Å². The average Bonchev–Trinajstić information content (AvgIpc) is 3.11. The summed E-state index contributed by atoms with van der Waals surface area (Å²) in [5.41, 5.74) is 0. The maximum Gasteiger partial charge on any atom is 0.306 e. The predicted molar refractivity (Wildman–Crippen MR) is 74.0 cm³/mol. The van der Waals surface area contributed by atoms with E-state index in [1.807, 2.05) is 0 Å². The summed E-state index contributed by atoms with van der Waals surface area (Å²) < 4.78 is 14.6. The molecule has 111 valence electrons. The first kappa shape index (κ1) is 14.4. The van der Waals surface area contributed by atoms with Gasteiger partial charge in [-0.25, -0.2) is 4.39 Å². The van der Waals surface area contributed by atoms with E-state index >= 15 is 0 Å². The Balaban J connectivity index is 1.69. The molecule has 20 heavy (non-hydrogen) atoms. The number of hydrogen-bond donors (Lipinski definition) is 2.